The lowest BCUT2D eigenvalue weighted by molar-refractivity contribution is -0.119. The normalized spacial score (nSPS) is 14.7. The van der Waals surface area contributed by atoms with E-state index in [-0.39, 0.29) is 18.0 Å². The summed E-state index contributed by atoms with van der Waals surface area (Å²) >= 11 is 7.53. The van der Waals surface area contributed by atoms with E-state index < -0.39 is 6.04 Å². The number of amides is 1. The van der Waals surface area contributed by atoms with Crippen molar-refractivity contribution < 1.29 is 14.3 Å². The van der Waals surface area contributed by atoms with Gasteiger partial charge in [-0.05, 0) is 58.9 Å². The van der Waals surface area contributed by atoms with Gasteiger partial charge in [0, 0.05) is 4.88 Å². The lowest BCUT2D eigenvalue weighted by Crippen LogP contribution is -2.26. The first-order chi connectivity index (χ1) is 12.8. The molecule has 2 aromatic rings. The van der Waals surface area contributed by atoms with Gasteiger partial charge in [-0.25, -0.2) is 4.79 Å². The summed E-state index contributed by atoms with van der Waals surface area (Å²) < 4.78 is 7.01. The van der Waals surface area contributed by atoms with Crippen LogP contribution in [0.5, 0.6) is 0 Å². The molecule has 1 amide bonds. The Balaban J connectivity index is 1.89. The number of nitrogens with one attached hydrogen (secondary N) is 1. The molecule has 1 aliphatic carbocycles. The summed E-state index contributed by atoms with van der Waals surface area (Å²) in [5, 5.41) is 8.19. The van der Waals surface area contributed by atoms with Gasteiger partial charge in [-0.3, -0.25) is 9.48 Å². The molecule has 0 aliphatic heterocycles. The molecule has 1 atom stereocenters. The maximum atomic E-state index is 12.8. The zero-order valence-electron chi connectivity index (χ0n) is 16.0. The molecular formula is C19H24ClN3O3S. The first-order valence-corrected chi connectivity index (χ1v) is 10.3. The van der Waals surface area contributed by atoms with E-state index in [1.807, 2.05) is 20.8 Å². The number of aromatic nitrogens is 2. The van der Waals surface area contributed by atoms with Crippen LogP contribution in [0.15, 0.2) is 6.20 Å². The van der Waals surface area contributed by atoms with Gasteiger partial charge in [-0.2, -0.15) is 5.10 Å². The number of fused-ring (bicyclic) bond motifs is 1. The first kappa shape index (κ1) is 19.9. The van der Waals surface area contributed by atoms with Crippen LogP contribution in [0, 0.1) is 6.92 Å². The second kappa shape index (κ2) is 8.02. The topological polar surface area (TPSA) is 73.2 Å². The molecule has 3 rings (SSSR count). The molecule has 1 N–H and O–H groups in total. The number of carbonyl (C=O) groups is 2. The van der Waals surface area contributed by atoms with Gasteiger partial charge < -0.3 is 10.1 Å². The smallest absolute Gasteiger partial charge is 0.341 e. The minimum atomic E-state index is -0.550. The Kier molecular flexibility index (Phi) is 5.91. The molecule has 2 heterocycles. The largest absolute Gasteiger partial charge is 0.459 e. The summed E-state index contributed by atoms with van der Waals surface area (Å²) in [6.45, 7) is 7.21. The predicted molar refractivity (Wildman–Crippen MR) is 107 cm³/mol. The Bertz CT molecular complexity index is 872. The zero-order valence-corrected chi connectivity index (χ0v) is 17.5. The molecule has 0 radical (unpaired) electrons. The highest BCUT2D eigenvalue weighted by atomic mass is 35.5. The third-order valence-corrected chi connectivity index (χ3v) is 6.26. The van der Waals surface area contributed by atoms with Crippen LogP contribution < -0.4 is 5.32 Å². The maximum Gasteiger partial charge on any atom is 0.341 e. The lowest BCUT2D eigenvalue weighted by atomic mass is 9.95. The number of anilines is 1. The van der Waals surface area contributed by atoms with Gasteiger partial charge in [-0.15, -0.1) is 11.3 Å². The summed E-state index contributed by atoms with van der Waals surface area (Å²) in [6, 6.07) is -0.550. The van der Waals surface area contributed by atoms with E-state index in [2.05, 4.69) is 10.4 Å². The number of halogens is 1. The molecule has 0 fully saturated rings. The fourth-order valence-corrected chi connectivity index (χ4v) is 4.67. The van der Waals surface area contributed by atoms with Crippen molar-refractivity contribution in [2.24, 2.45) is 0 Å². The number of nitrogens with zero attached hydrogens (tertiary/aromatic N) is 2. The highest BCUT2D eigenvalue weighted by Gasteiger charge is 2.29. The minimum absolute atomic E-state index is 0.215. The van der Waals surface area contributed by atoms with E-state index >= 15 is 0 Å². The second-order valence-corrected chi connectivity index (χ2v) is 8.57. The van der Waals surface area contributed by atoms with Crippen LogP contribution in [0.25, 0.3) is 0 Å². The summed E-state index contributed by atoms with van der Waals surface area (Å²) in [7, 11) is 0. The summed E-state index contributed by atoms with van der Waals surface area (Å²) in [5.41, 5.74) is 2.27. The Morgan fingerprint density at radius 2 is 2.00 bits per heavy atom. The molecule has 0 aromatic carbocycles. The Morgan fingerprint density at radius 1 is 1.30 bits per heavy atom. The quantitative estimate of drug-likeness (QED) is 0.735. The highest BCUT2D eigenvalue weighted by Crippen LogP contribution is 2.39. The zero-order chi connectivity index (χ0) is 19.7. The van der Waals surface area contributed by atoms with Crippen LogP contribution in [0.3, 0.4) is 0 Å². The van der Waals surface area contributed by atoms with E-state index in [9.17, 15) is 9.59 Å². The highest BCUT2D eigenvalue weighted by molar-refractivity contribution is 7.17. The van der Waals surface area contributed by atoms with Crippen LogP contribution in [0.2, 0.25) is 5.02 Å². The molecule has 0 saturated heterocycles. The van der Waals surface area contributed by atoms with Crippen molar-refractivity contribution >= 4 is 39.8 Å². The van der Waals surface area contributed by atoms with Gasteiger partial charge >= 0.3 is 5.97 Å². The summed E-state index contributed by atoms with van der Waals surface area (Å²) in [6.07, 6.45) is 5.22. The number of thiophene rings is 1. The molecule has 0 spiro atoms. The van der Waals surface area contributed by atoms with Crippen molar-refractivity contribution in [2.75, 3.05) is 5.32 Å². The molecule has 1 aliphatic rings. The molecule has 0 bridgehead atoms. The van der Waals surface area contributed by atoms with Crippen molar-refractivity contribution in [3.8, 4) is 0 Å². The van der Waals surface area contributed by atoms with Crippen LogP contribution in [0.1, 0.15) is 66.1 Å². The number of ether oxygens (including phenoxy) is 1. The molecule has 146 valence electrons. The van der Waals surface area contributed by atoms with Gasteiger partial charge in [0.05, 0.1) is 28.6 Å². The number of aryl methyl sites for hydroxylation is 1. The number of hydrogen-bond acceptors (Lipinski definition) is 5. The SMILES string of the molecule is Cc1c(Cl)cnn1C(C)C(=O)Nc1sc2c(c1C(=O)OC(C)C)CCCC2. The monoisotopic (exact) mass is 409 g/mol. The third kappa shape index (κ3) is 4.04. The Morgan fingerprint density at radius 3 is 2.63 bits per heavy atom. The average Bonchev–Trinajstić information content (AvgIpc) is 3.13. The average molecular weight is 410 g/mol. The lowest BCUT2D eigenvalue weighted by Gasteiger charge is -2.16. The van der Waals surface area contributed by atoms with Crippen molar-refractivity contribution in [3.05, 3.63) is 32.9 Å². The maximum absolute atomic E-state index is 12.8. The molecule has 27 heavy (non-hydrogen) atoms. The van der Waals surface area contributed by atoms with E-state index in [1.54, 1.807) is 11.6 Å². The van der Waals surface area contributed by atoms with Crippen molar-refractivity contribution in [1.29, 1.82) is 0 Å². The first-order valence-electron chi connectivity index (χ1n) is 9.15. The standard InChI is InChI=1S/C19H24ClN3O3S/c1-10(2)26-19(25)16-13-7-5-6-8-15(13)27-18(16)22-17(24)12(4)23-11(3)14(20)9-21-23/h9-10,12H,5-8H2,1-4H3,(H,22,24). The van der Waals surface area contributed by atoms with Crippen molar-refractivity contribution in [1.82, 2.24) is 9.78 Å². The molecule has 1 unspecified atom stereocenters. The number of carbonyl (C=O) groups excluding carboxylic acids is 2. The van der Waals surface area contributed by atoms with E-state index in [4.69, 9.17) is 16.3 Å². The van der Waals surface area contributed by atoms with E-state index in [0.29, 0.717) is 15.6 Å². The molecule has 8 heteroatoms. The van der Waals surface area contributed by atoms with Crippen LogP contribution >= 0.6 is 22.9 Å². The van der Waals surface area contributed by atoms with Crippen LogP contribution in [0.4, 0.5) is 5.00 Å². The fraction of sp³-hybridized carbons (Fsp3) is 0.526. The van der Waals surface area contributed by atoms with Gasteiger partial charge in [0.15, 0.2) is 0 Å². The number of hydrogen-bond donors (Lipinski definition) is 1. The third-order valence-electron chi connectivity index (χ3n) is 4.69. The van der Waals surface area contributed by atoms with Crippen LogP contribution in [-0.4, -0.2) is 27.8 Å². The fourth-order valence-electron chi connectivity index (χ4n) is 3.26. The van der Waals surface area contributed by atoms with Crippen LogP contribution in [-0.2, 0) is 22.4 Å². The van der Waals surface area contributed by atoms with E-state index in [1.165, 1.54) is 22.4 Å². The van der Waals surface area contributed by atoms with Crippen molar-refractivity contribution in [3.63, 3.8) is 0 Å². The number of esters is 1. The van der Waals surface area contributed by atoms with Gasteiger partial charge in [0.1, 0.15) is 11.0 Å². The summed E-state index contributed by atoms with van der Waals surface area (Å²) in [4.78, 5) is 26.7. The Labute approximate surface area is 167 Å². The van der Waals surface area contributed by atoms with Crippen molar-refractivity contribution in [2.45, 2.75) is 65.5 Å². The van der Waals surface area contributed by atoms with Gasteiger partial charge in [-0.1, -0.05) is 11.6 Å². The number of rotatable bonds is 5. The minimum Gasteiger partial charge on any atom is -0.459 e. The summed E-state index contributed by atoms with van der Waals surface area (Å²) in [5.74, 6) is -0.610. The second-order valence-electron chi connectivity index (χ2n) is 7.06. The predicted octanol–water partition coefficient (Wildman–Crippen LogP) is 4.55. The molecule has 0 saturated carbocycles. The van der Waals surface area contributed by atoms with Gasteiger partial charge in [0.2, 0.25) is 5.91 Å². The van der Waals surface area contributed by atoms with E-state index in [0.717, 1.165) is 36.9 Å². The Hall–Kier alpha value is -1.86. The van der Waals surface area contributed by atoms with Gasteiger partial charge in [0.25, 0.3) is 0 Å². The molecule has 6 nitrogen and oxygen atoms in total. The molecule has 2 aromatic heterocycles. The molecular weight excluding hydrogens is 386 g/mol.